The van der Waals surface area contributed by atoms with Crippen molar-refractivity contribution in [2.45, 2.75) is 81.4 Å². The molecule has 3 aliphatic carbocycles. The highest BCUT2D eigenvalue weighted by Gasteiger charge is 2.64. The maximum absolute atomic E-state index is 13.4. The van der Waals surface area contributed by atoms with E-state index in [1.54, 1.807) is 6.08 Å². The van der Waals surface area contributed by atoms with Crippen molar-refractivity contribution in [2.24, 2.45) is 11.8 Å². The third-order valence-electron chi connectivity index (χ3n) is 8.36. The predicted molar refractivity (Wildman–Crippen MR) is 156 cm³/mol. The topological polar surface area (TPSA) is 170 Å². The lowest BCUT2D eigenvalue weighted by Crippen LogP contribution is -2.54. The zero-order valence-electron chi connectivity index (χ0n) is 25.5. The summed E-state index contributed by atoms with van der Waals surface area (Å²) >= 11 is 0. The van der Waals surface area contributed by atoms with Crippen LogP contribution in [-0.2, 0) is 33.3 Å². The number of nitrogens with one attached hydrogen (secondary N) is 2. The molecule has 0 spiro atoms. The molecule has 0 bridgehead atoms. The Bertz CT molecular complexity index is 1390. The summed E-state index contributed by atoms with van der Waals surface area (Å²) < 4.78 is 59.8. The van der Waals surface area contributed by atoms with Crippen molar-refractivity contribution in [3.05, 3.63) is 53.1 Å². The van der Waals surface area contributed by atoms with Crippen LogP contribution in [0, 0.1) is 11.8 Å². The zero-order chi connectivity index (χ0) is 33.9. The number of carbonyl (C=O) groups is 4. The molecule has 4 aliphatic rings. The molecule has 1 aromatic rings. The largest absolute Gasteiger partial charge is 0.456 e. The maximum Gasteiger partial charge on any atom is 0.422 e. The first-order valence-electron chi connectivity index (χ1n) is 15.5. The number of alkyl halides is 3. The van der Waals surface area contributed by atoms with Gasteiger partial charge in [-0.2, -0.15) is 13.2 Å². The molecule has 1 aromatic carbocycles. The van der Waals surface area contributed by atoms with Crippen LogP contribution in [0.15, 0.2) is 42.0 Å². The third-order valence-corrected chi connectivity index (χ3v) is 8.36. The van der Waals surface area contributed by atoms with Gasteiger partial charge in [-0.05, 0) is 62.5 Å². The maximum atomic E-state index is 13.4. The second kappa shape index (κ2) is 14.1. The van der Waals surface area contributed by atoms with Crippen molar-refractivity contribution in [3.63, 3.8) is 0 Å². The Morgan fingerprint density at radius 2 is 1.74 bits per heavy atom. The fraction of sp³-hybridized carbons (Fsp3) is 0.562. The van der Waals surface area contributed by atoms with Gasteiger partial charge in [-0.15, -0.1) is 0 Å². The lowest BCUT2D eigenvalue weighted by molar-refractivity contribution is -0.209. The lowest BCUT2D eigenvalue weighted by atomic mass is 9.91. The minimum atomic E-state index is -4.64. The van der Waals surface area contributed by atoms with Crippen LogP contribution in [-0.4, -0.2) is 96.1 Å². The van der Waals surface area contributed by atoms with Gasteiger partial charge in [-0.1, -0.05) is 12.1 Å². The molecule has 1 aliphatic heterocycles. The standard InChI is InChI=1S/C32H37F3N2O10/c1-17(39)26(29(42)36-12-13-38)37-28(41)20-14-23(27-24(15-20)46-32(47-27,21-7-8-21)22-9-10-22)45-30(43)19-5-2-18(3-6-19)4-11-25(40)44-16-31(33,34)35/h2-6,11,15,17,21-24,26-27,38-39H,7-10,12-14,16H2,1H3,(H,36,42)(H,37,41)/t17-,23+,24+,26+,27-/m0/s1. The molecule has 2 amide bonds. The molecule has 0 aromatic heterocycles. The van der Waals surface area contributed by atoms with Crippen molar-refractivity contribution < 1.29 is 61.5 Å². The quantitative estimate of drug-likeness (QED) is 0.180. The molecule has 12 nitrogen and oxygen atoms in total. The van der Waals surface area contributed by atoms with Gasteiger partial charge in [0, 0.05) is 36.5 Å². The Balaban J connectivity index is 1.30. The Hall–Kier alpha value is -3.79. The second-order valence-corrected chi connectivity index (χ2v) is 12.2. The summed E-state index contributed by atoms with van der Waals surface area (Å²) in [5, 5.41) is 24.2. The number of benzene rings is 1. The number of amides is 2. The first-order chi connectivity index (χ1) is 22.3. The second-order valence-electron chi connectivity index (χ2n) is 12.2. The van der Waals surface area contributed by atoms with E-state index in [1.807, 2.05) is 0 Å². The van der Waals surface area contributed by atoms with Gasteiger partial charge < -0.3 is 39.8 Å². The van der Waals surface area contributed by atoms with Gasteiger partial charge in [-0.25, -0.2) is 9.59 Å². The molecule has 0 radical (unpaired) electrons. The molecule has 5 rings (SSSR count). The van der Waals surface area contributed by atoms with Crippen LogP contribution in [0.2, 0.25) is 0 Å². The molecule has 1 saturated heterocycles. The van der Waals surface area contributed by atoms with Crippen molar-refractivity contribution >= 4 is 29.8 Å². The van der Waals surface area contributed by atoms with Crippen LogP contribution in [0.5, 0.6) is 0 Å². The van der Waals surface area contributed by atoms with E-state index < -0.39 is 72.8 Å². The van der Waals surface area contributed by atoms with E-state index in [4.69, 9.17) is 19.3 Å². The summed E-state index contributed by atoms with van der Waals surface area (Å²) in [5.74, 6) is -3.74. The fourth-order valence-electron chi connectivity index (χ4n) is 5.80. The fourth-order valence-corrected chi connectivity index (χ4v) is 5.80. The van der Waals surface area contributed by atoms with Crippen LogP contribution < -0.4 is 10.6 Å². The van der Waals surface area contributed by atoms with Crippen molar-refractivity contribution in [2.75, 3.05) is 19.8 Å². The van der Waals surface area contributed by atoms with Gasteiger partial charge in [-0.3, -0.25) is 9.59 Å². The van der Waals surface area contributed by atoms with E-state index in [-0.39, 0.29) is 42.5 Å². The number of carbonyl (C=O) groups excluding carboxylic acids is 4. The third kappa shape index (κ3) is 8.58. The minimum absolute atomic E-state index is 0.0657. The number of rotatable bonds is 13. The summed E-state index contributed by atoms with van der Waals surface area (Å²) in [6, 6.07) is 4.44. The molecule has 15 heteroatoms. The Labute approximate surface area is 268 Å². The number of aliphatic hydroxyl groups is 2. The van der Waals surface area contributed by atoms with E-state index in [0.29, 0.717) is 5.56 Å². The van der Waals surface area contributed by atoms with Crippen LogP contribution in [0.1, 0.15) is 54.9 Å². The summed E-state index contributed by atoms with van der Waals surface area (Å²) in [6.45, 7) is -0.758. The van der Waals surface area contributed by atoms with Crippen LogP contribution in [0.4, 0.5) is 13.2 Å². The van der Waals surface area contributed by atoms with Gasteiger partial charge in [0.2, 0.25) is 11.8 Å². The number of aliphatic hydroxyl groups excluding tert-OH is 2. The number of fused-ring (bicyclic) bond motifs is 1. The van der Waals surface area contributed by atoms with Crippen molar-refractivity contribution in [1.29, 1.82) is 0 Å². The summed E-state index contributed by atoms with van der Waals surface area (Å²) in [4.78, 5) is 50.8. The normalized spacial score (nSPS) is 24.9. The lowest BCUT2D eigenvalue weighted by Gasteiger charge is -2.31. The van der Waals surface area contributed by atoms with E-state index in [1.165, 1.54) is 37.3 Å². The van der Waals surface area contributed by atoms with Crippen LogP contribution in [0.25, 0.3) is 6.08 Å². The highest BCUT2D eigenvalue weighted by molar-refractivity contribution is 5.97. The van der Waals surface area contributed by atoms with E-state index in [2.05, 4.69) is 15.4 Å². The molecule has 47 heavy (non-hydrogen) atoms. The first kappa shape index (κ1) is 34.5. The van der Waals surface area contributed by atoms with Gasteiger partial charge >= 0.3 is 18.1 Å². The van der Waals surface area contributed by atoms with Crippen LogP contribution in [0.3, 0.4) is 0 Å². The summed E-state index contributed by atoms with van der Waals surface area (Å²) in [7, 11) is 0. The molecule has 1 heterocycles. The Morgan fingerprint density at radius 3 is 2.32 bits per heavy atom. The van der Waals surface area contributed by atoms with E-state index in [0.717, 1.165) is 31.8 Å². The Kier molecular flexibility index (Phi) is 10.4. The van der Waals surface area contributed by atoms with Gasteiger partial charge in [0.15, 0.2) is 12.4 Å². The molecule has 4 N–H and O–H groups in total. The van der Waals surface area contributed by atoms with Gasteiger partial charge in [0.1, 0.15) is 24.4 Å². The zero-order valence-corrected chi connectivity index (χ0v) is 25.5. The SMILES string of the molecule is C[C@H](O)[C@@H](NC(=O)C1=C[C@H]2OC(C3CC3)(C3CC3)O[C@H]2[C@H](OC(=O)c2ccc(C=CC(=O)OCC(F)(F)F)cc2)C1)C(=O)NCCO. The molecular weight excluding hydrogens is 629 g/mol. The molecule has 5 atom stereocenters. The number of ether oxygens (including phenoxy) is 4. The average molecular weight is 667 g/mol. The van der Waals surface area contributed by atoms with E-state index >= 15 is 0 Å². The number of hydrogen-bond acceptors (Lipinski definition) is 10. The summed E-state index contributed by atoms with van der Waals surface area (Å²) in [6.07, 6.45) is -0.951. The van der Waals surface area contributed by atoms with Gasteiger partial charge in [0.25, 0.3) is 0 Å². The minimum Gasteiger partial charge on any atom is -0.456 e. The summed E-state index contributed by atoms with van der Waals surface area (Å²) in [5.41, 5.74) is 0.712. The molecule has 0 unspecified atom stereocenters. The monoisotopic (exact) mass is 666 g/mol. The van der Waals surface area contributed by atoms with Crippen molar-refractivity contribution in [3.8, 4) is 0 Å². The molecular formula is C32H37F3N2O10. The van der Waals surface area contributed by atoms with Crippen molar-refractivity contribution in [1.82, 2.24) is 10.6 Å². The number of hydrogen-bond donors (Lipinski definition) is 4. The smallest absolute Gasteiger partial charge is 0.422 e. The van der Waals surface area contributed by atoms with E-state index in [9.17, 15) is 37.5 Å². The number of halogens is 3. The number of esters is 2. The molecule has 2 saturated carbocycles. The molecule has 3 fully saturated rings. The predicted octanol–water partition coefficient (Wildman–Crippen LogP) is 1.94. The van der Waals surface area contributed by atoms with Gasteiger partial charge in [0.05, 0.1) is 18.3 Å². The highest BCUT2D eigenvalue weighted by atomic mass is 19.4. The Morgan fingerprint density at radius 1 is 1.09 bits per heavy atom. The highest BCUT2D eigenvalue weighted by Crippen LogP contribution is 2.59. The first-order valence-corrected chi connectivity index (χ1v) is 15.5. The average Bonchev–Trinajstić information content (AvgIpc) is 3.97. The molecule has 256 valence electrons. The van der Waals surface area contributed by atoms with Crippen LogP contribution >= 0.6 is 0 Å².